The van der Waals surface area contributed by atoms with Gasteiger partial charge in [-0.2, -0.15) is 0 Å². The number of ketones is 1. The van der Waals surface area contributed by atoms with Crippen molar-refractivity contribution in [2.45, 2.75) is 6.42 Å². The van der Waals surface area contributed by atoms with Crippen molar-refractivity contribution in [1.29, 1.82) is 0 Å². The summed E-state index contributed by atoms with van der Waals surface area (Å²) in [6.07, 6.45) is 0.783. The van der Waals surface area contributed by atoms with Crippen molar-refractivity contribution in [1.82, 2.24) is 0 Å². The number of non-ortho nitro benzene ring substituents is 1. The lowest BCUT2D eigenvalue weighted by Gasteiger charge is -2.03. The number of carbonyl (C=O) groups is 1. The van der Waals surface area contributed by atoms with Gasteiger partial charge in [-0.1, -0.05) is 6.07 Å². The summed E-state index contributed by atoms with van der Waals surface area (Å²) in [6, 6.07) is 9.53. The molecule has 2 rings (SSSR count). The SMILES string of the molecule is O=C(COCCc1cccs1)c1ccc([N+](=O)[O-])cc1. The second-order valence-electron chi connectivity index (χ2n) is 4.11. The Morgan fingerprint density at radius 3 is 2.60 bits per heavy atom. The first kappa shape index (κ1) is 14.4. The number of rotatable bonds is 7. The molecule has 20 heavy (non-hydrogen) atoms. The van der Waals surface area contributed by atoms with Crippen molar-refractivity contribution < 1.29 is 14.5 Å². The van der Waals surface area contributed by atoms with Crippen molar-refractivity contribution in [3.8, 4) is 0 Å². The largest absolute Gasteiger partial charge is 0.373 e. The summed E-state index contributed by atoms with van der Waals surface area (Å²) in [5, 5.41) is 12.5. The molecule has 1 aromatic heterocycles. The van der Waals surface area contributed by atoms with Crippen LogP contribution in [0.4, 0.5) is 5.69 Å². The topological polar surface area (TPSA) is 69.4 Å². The van der Waals surface area contributed by atoms with Gasteiger partial charge in [-0.3, -0.25) is 14.9 Å². The summed E-state index contributed by atoms with van der Waals surface area (Å²) in [5.74, 6) is -0.175. The van der Waals surface area contributed by atoms with Gasteiger partial charge in [0.2, 0.25) is 0 Å². The number of thiophene rings is 1. The summed E-state index contributed by atoms with van der Waals surface area (Å²) >= 11 is 1.65. The maximum absolute atomic E-state index is 11.8. The minimum Gasteiger partial charge on any atom is -0.373 e. The second-order valence-corrected chi connectivity index (χ2v) is 5.14. The van der Waals surface area contributed by atoms with Gasteiger partial charge in [0.1, 0.15) is 6.61 Å². The molecule has 2 aromatic rings. The fourth-order valence-electron chi connectivity index (χ4n) is 1.64. The molecular formula is C14H13NO4S. The summed E-state index contributed by atoms with van der Waals surface area (Å²) < 4.78 is 5.32. The number of nitro groups is 1. The Kier molecular flexibility index (Phi) is 4.97. The standard InChI is InChI=1S/C14H13NO4S/c16-14(10-19-8-7-13-2-1-9-20-13)11-3-5-12(6-4-11)15(17)18/h1-6,9H,7-8,10H2. The minimum absolute atomic E-state index is 0.0107. The van der Waals surface area contributed by atoms with Crippen LogP contribution in [-0.4, -0.2) is 23.9 Å². The Hall–Kier alpha value is -2.05. The Labute approximate surface area is 120 Å². The van der Waals surface area contributed by atoms with Crippen LogP contribution >= 0.6 is 11.3 Å². The predicted molar refractivity (Wildman–Crippen MR) is 76.3 cm³/mol. The third-order valence-corrected chi connectivity index (χ3v) is 3.64. The molecule has 5 nitrogen and oxygen atoms in total. The molecule has 0 fully saturated rings. The highest BCUT2D eigenvalue weighted by Gasteiger charge is 2.09. The third kappa shape index (κ3) is 3.97. The zero-order valence-corrected chi connectivity index (χ0v) is 11.5. The number of carbonyl (C=O) groups excluding carboxylic acids is 1. The number of benzene rings is 1. The van der Waals surface area contributed by atoms with Gasteiger partial charge in [0.25, 0.3) is 5.69 Å². The minimum atomic E-state index is -0.494. The average Bonchev–Trinajstić information content (AvgIpc) is 2.96. The molecular weight excluding hydrogens is 278 g/mol. The fraction of sp³-hybridized carbons (Fsp3) is 0.214. The molecule has 104 valence electrons. The molecule has 1 heterocycles. The van der Waals surface area contributed by atoms with Crippen LogP contribution in [0.5, 0.6) is 0 Å². The van der Waals surface area contributed by atoms with E-state index in [2.05, 4.69) is 0 Å². The monoisotopic (exact) mass is 291 g/mol. The van der Waals surface area contributed by atoms with Crippen molar-refractivity contribution in [2.24, 2.45) is 0 Å². The van der Waals surface area contributed by atoms with Crippen molar-refractivity contribution in [3.05, 3.63) is 62.3 Å². The van der Waals surface area contributed by atoms with E-state index >= 15 is 0 Å². The molecule has 0 unspecified atom stereocenters. The van der Waals surface area contributed by atoms with Gasteiger partial charge in [0.15, 0.2) is 5.78 Å². The number of ether oxygens (including phenoxy) is 1. The van der Waals surface area contributed by atoms with Crippen LogP contribution in [0.1, 0.15) is 15.2 Å². The van der Waals surface area contributed by atoms with Crippen LogP contribution in [0.15, 0.2) is 41.8 Å². The van der Waals surface area contributed by atoms with Crippen LogP contribution in [0.3, 0.4) is 0 Å². The highest BCUT2D eigenvalue weighted by atomic mass is 32.1. The van der Waals surface area contributed by atoms with E-state index in [-0.39, 0.29) is 18.1 Å². The smallest absolute Gasteiger partial charge is 0.269 e. The first-order valence-corrected chi connectivity index (χ1v) is 6.92. The third-order valence-electron chi connectivity index (χ3n) is 2.71. The number of nitro benzene ring substituents is 1. The van der Waals surface area contributed by atoms with Crippen molar-refractivity contribution in [3.63, 3.8) is 0 Å². The highest BCUT2D eigenvalue weighted by Crippen LogP contribution is 2.13. The van der Waals surface area contributed by atoms with E-state index in [0.29, 0.717) is 12.2 Å². The molecule has 0 saturated heterocycles. The number of hydrogen-bond donors (Lipinski definition) is 0. The van der Waals surface area contributed by atoms with Crippen molar-refractivity contribution in [2.75, 3.05) is 13.2 Å². The molecule has 1 aromatic carbocycles. The molecule has 0 radical (unpaired) electrons. The molecule has 0 aliphatic heterocycles. The normalized spacial score (nSPS) is 10.4. The van der Waals surface area contributed by atoms with Crippen LogP contribution in [0.2, 0.25) is 0 Å². The first-order valence-electron chi connectivity index (χ1n) is 6.04. The van der Waals surface area contributed by atoms with E-state index in [1.165, 1.54) is 29.1 Å². The maximum atomic E-state index is 11.8. The van der Waals surface area contributed by atoms with Gasteiger partial charge in [-0.15, -0.1) is 11.3 Å². The molecule has 0 saturated carbocycles. The molecule has 0 atom stereocenters. The lowest BCUT2D eigenvalue weighted by molar-refractivity contribution is -0.384. The highest BCUT2D eigenvalue weighted by molar-refractivity contribution is 7.09. The maximum Gasteiger partial charge on any atom is 0.269 e. The summed E-state index contributed by atoms with van der Waals surface area (Å²) in [4.78, 5) is 23.0. The van der Waals surface area contributed by atoms with E-state index in [4.69, 9.17) is 4.74 Å². The van der Waals surface area contributed by atoms with Gasteiger partial charge in [-0.05, 0) is 23.6 Å². The average molecular weight is 291 g/mol. The molecule has 0 amide bonds. The molecule has 0 bridgehead atoms. The molecule has 0 spiro atoms. The number of nitrogens with zero attached hydrogens (tertiary/aromatic N) is 1. The van der Waals surface area contributed by atoms with Gasteiger partial charge in [0.05, 0.1) is 11.5 Å². The zero-order chi connectivity index (χ0) is 14.4. The lowest BCUT2D eigenvalue weighted by atomic mass is 10.1. The first-order chi connectivity index (χ1) is 9.66. The number of Topliss-reactive ketones (excluding diaryl/α,β-unsaturated/α-hetero) is 1. The van der Waals surface area contributed by atoms with Crippen LogP contribution in [0.25, 0.3) is 0 Å². The van der Waals surface area contributed by atoms with Gasteiger partial charge in [-0.25, -0.2) is 0 Å². The Bertz CT molecular complexity index is 578. The van der Waals surface area contributed by atoms with Gasteiger partial charge in [0, 0.05) is 29.0 Å². The molecule has 0 aliphatic carbocycles. The lowest BCUT2D eigenvalue weighted by Crippen LogP contribution is -2.10. The van der Waals surface area contributed by atoms with Crippen LogP contribution in [0, 0.1) is 10.1 Å². The van der Waals surface area contributed by atoms with Crippen molar-refractivity contribution >= 4 is 22.8 Å². The quantitative estimate of drug-likeness (QED) is 0.340. The Balaban J connectivity index is 1.78. The molecule has 0 aliphatic rings. The Morgan fingerprint density at radius 1 is 1.25 bits per heavy atom. The molecule has 0 N–H and O–H groups in total. The fourth-order valence-corrected chi connectivity index (χ4v) is 2.34. The predicted octanol–water partition coefficient (Wildman–Crippen LogP) is 3.10. The van der Waals surface area contributed by atoms with E-state index in [9.17, 15) is 14.9 Å². The molecule has 6 heteroatoms. The van der Waals surface area contributed by atoms with Crippen LogP contribution < -0.4 is 0 Å². The van der Waals surface area contributed by atoms with Gasteiger partial charge >= 0.3 is 0 Å². The van der Waals surface area contributed by atoms with E-state index in [0.717, 1.165) is 6.42 Å². The zero-order valence-electron chi connectivity index (χ0n) is 10.7. The summed E-state index contributed by atoms with van der Waals surface area (Å²) in [5.41, 5.74) is 0.395. The van der Waals surface area contributed by atoms with E-state index < -0.39 is 4.92 Å². The van der Waals surface area contributed by atoms with Gasteiger partial charge < -0.3 is 4.74 Å². The second kappa shape index (κ2) is 6.93. The number of hydrogen-bond acceptors (Lipinski definition) is 5. The summed E-state index contributed by atoms with van der Waals surface area (Å²) in [7, 11) is 0. The Morgan fingerprint density at radius 2 is 2.00 bits per heavy atom. The van der Waals surface area contributed by atoms with E-state index in [1.807, 2.05) is 17.5 Å². The summed E-state index contributed by atoms with van der Waals surface area (Å²) in [6.45, 7) is 0.475. The van der Waals surface area contributed by atoms with E-state index in [1.54, 1.807) is 11.3 Å². The van der Waals surface area contributed by atoms with Crippen LogP contribution in [-0.2, 0) is 11.2 Å².